The molecule has 4 aliphatic rings. The maximum atomic E-state index is 11.0. The van der Waals surface area contributed by atoms with Crippen LogP contribution in [-0.2, 0) is 9.47 Å². The van der Waals surface area contributed by atoms with Gasteiger partial charge in [0, 0.05) is 45.1 Å². The fraction of sp³-hybridized carbons (Fsp3) is 0.933. The molecule has 3 aliphatic heterocycles. The van der Waals surface area contributed by atoms with E-state index in [1.807, 2.05) is 0 Å². The van der Waals surface area contributed by atoms with Crippen molar-refractivity contribution in [3.8, 4) is 0 Å². The van der Waals surface area contributed by atoms with Crippen LogP contribution in [-0.4, -0.2) is 72.2 Å². The molecule has 1 amide bonds. The van der Waals surface area contributed by atoms with Crippen LogP contribution in [0.2, 0.25) is 0 Å². The van der Waals surface area contributed by atoms with Gasteiger partial charge in [0.15, 0.2) is 5.79 Å². The van der Waals surface area contributed by atoms with Crippen LogP contribution in [0.4, 0.5) is 4.79 Å². The predicted molar refractivity (Wildman–Crippen MR) is 75.1 cm³/mol. The molecule has 2 spiro atoms. The lowest BCUT2D eigenvalue weighted by molar-refractivity contribution is -0.192. The highest BCUT2D eigenvalue weighted by Crippen LogP contribution is 2.51. The second-order valence-corrected chi connectivity index (χ2v) is 7.16. The minimum absolute atomic E-state index is 0.276. The molecule has 6 heteroatoms. The molecule has 0 atom stereocenters. The number of likely N-dealkylation sites (tertiary alicyclic amines) is 2. The van der Waals surface area contributed by atoms with Crippen molar-refractivity contribution >= 4 is 6.09 Å². The molecule has 1 N–H and O–H groups in total. The van der Waals surface area contributed by atoms with Gasteiger partial charge in [-0.3, -0.25) is 4.90 Å². The van der Waals surface area contributed by atoms with Crippen molar-refractivity contribution in [2.75, 3.05) is 39.4 Å². The minimum Gasteiger partial charge on any atom is -0.465 e. The van der Waals surface area contributed by atoms with E-state index in [1.54, 1.807) is 4.90 Å². The second kappa shape index (κ2) is 4.83. The fourth-order valence-corrected chi connectivity index (χ4v) is 4.65. The lowest BCUT2D eigenvalue weighted by atomic mass is 9.64. The van der Waals surface area contributed by atoms with Gasteiger partial charge < -0.3 is 19.5 Å². The monoisotopic (exact) mass is 296 g/mol. The van der Waals surface area contributed by atoms with E-state index in [-0.39, 0.29) is 11.2 Å². The summed E-state index contributed by atoms with van der Waals surface area (Å²) in [7, 11) is 0. The summed E-state index contributed by atoms with van der Waals surface area (Å²) in [6, 6.07) is 0.637. The Bertz CT molecular complexity index is 419. The third-order valence-electron chi connectivity index (χ3n) is 5.94. The highest BCUT2D eigenvalue weighted by Gasteiger charge is 2.52. The molecule has 0 aromatic heterocycles. The first kappa shape index (κ1) is 13.8. The van der Waals surface area contributed by atoms with E-state index in [2.05, 4.69) is 4.90 Å². The predicted octanol–water partition coefficient (Wildman–Crippen LogP) is 1.36. The summed E-state index contributed by atoms with van der Waals surface area (Å²) in [5, 5.41) is 9.09. The molecule has 0 unspecified atom stereocenters. The third kappa shape index (κ3) is 2.33. The van der Waals surface area contributed by atoms with Crippen molar-refractivity contribution in [1.29, 1.82) is 0 Å². The maximum absolute atomic E-state index is 11.0. The highest BCUT2D eigenvalue weighted by molar-refractivity contribution is 5.65. The molecule has 0 aromatic rings. The van der Waals surface area contributed by atoms with Crippen molar-refractivity contribution in [1.82, 2.24) is 9.80 Å². The van der Waals surface area contributed by atoms with Crippen LogP contribution in [0.3, 0.4) is 0 Å². The smallest absolute Gasteiger partial charge is 0.407 e. The zero-order chi connectivity index (χ0) is 14.5. The molecule has 4 fully saturated rings. The van der Waals surface area contributed by atoms with Gasteiger partial charge in [-0.25, -0.2) is 4.79 Å². The normalized spacial score (nSPS) is 39.0. The summed E-state index contributed by atoms with van der Waals surface area (Å²) < 4.78 is 11.5. The number of carbonyl (C=O) groups is 1. The molecule has 1 aliphatic carbocycles. The van der Waals surface area contributed by atoms with E-state index in [9.17, 15) is 4.79 Å². The van der Waals surface area contributed by atoms with Crippen LogP contribution in [0, 0.1) is 5.41 Å². The van der Waals surface area contributed by atoms with Crippen LogP contribution < -0.4 is 0 Å². The number of rotatable bonds is 1. The molecule has 1 saturated carbocycles. The Labute approximate surface area is 125 Å². The van der Waals surface area contributed by atoms with Gasteiger partial charge in [-0.05, 0) is 24.7 Å². The van der Waals surface area contributed by atoms with Gasteiger partial charge >= 0.3 is 6.09 Å². The van der Waals surface area contributed by atoms with Crippen molar-refractivity contribution in [2.45, 2.75) is 43.9 Å². The van der Waals surface area contributed by atoms with Crippen molar-refractivity contribution < 1.29 is 19.4 Å². The fourth-order valence-electron chi connectivity index (χ4n) is 4.65. The van der Waals surface area contributed by atoms with Gasteiger partial charge in [-0.1, -0.05) is 0 Å². The topological polar surface area (TPSA) is 62.2 Å². The molecule has 0 aromatic carbocycles. The third-order valence-corrected chi connectivity index (χ3v) is 5.94. The first-order chi connectivity index (χ1) is 10.1. The summed E-state index contributed by atoms with van der Waals surface area (Å²) >= 11 is 0. The Morgan fingerprint density at radius 2 is 1.71 bits per heavy atom. The summed E-state index contributed by atoms with van der Waals surface area (Å²) in [5.41, 5.74) is 0.276. The summed E-state index contributed by atoms with van der Waals surface area (Å²) in [6.07, 6.45) is 4.54. The summed E-state index contributed by atoms with van der Waals surface area (Å²) in [5.74, 6) is -0.286. The molecular weight excluding hydrogens is 272 g/mol. The van der Waals surface area contributed by atoms with Gasteiger partial charge in [0.1, 0.15) is 0 Å². The number of hydrogen-bond acceptors (Lipinski definition) is 4. The Morgan fingerprint density at radius 3 is 2.29 bits per heavy atom. The zero-order valence-electron chi connectivity index (χ0n) is 12.4. The van der Waals surface area contributed by atoms with Gasteiger partial charge in [0.05, 0.1) is 13.2 Å². The first-order valence-electron chi connectivity index (χ1n) is 8.10. The zero-order valence-corrected chi connectivity index (χ0v) is 12.4. The maximum Gasteiger partial charge on any atom is 0.407 e. The van der Waals surface area contributed by atoms with Crippen LogP contribution in [0.1, 0.15) is 32.1 Å². The van der Waals surface area contributed by atoms with Crippen molar-refractivity contribution in [2.24, 2.45) is 5.41 Å². The number of piperidine rings is 1. The standard InChI is InChI=1S/C15H24N2O4/c18-13(19)17-4-1-14(11-17)9-12(10-14)16-5-2-15(3-6-16)20-7-8-21-15/h12H,1-11H2,(H,18,19). The Morgan fingerprint density at radius 1 is 1.05 bits per heavy atom. The average Bonchev–Trinajstić information content (AvgIpc) is 3.06. The second-order valence-electron chi connectivity index (χ2n) is 7.16. The van der Waals surface area contributed by atoms with Gasteiger partial charge in [-0.2, -0.15) is 0 Å². The molecule has 118 valence electrons. The average molecular weight is 296 g/mol. The van der Waals surface area contributed by atoms with Crippen molar-refractivity contribution in [3.05, 3.63) is 0 Å². The highest BCUT2D eigenvalue weighted by atomic mass is 16.7. The molecule has 0 radical (unpaired) electrons. The van der Waals surface area contributed by atoms with E-state index in [1.165, 1.54) is 0 Å². The Balaban J connectivity index is 1.28. The van der Waals surface area contributed by atoms with E-state index in [0.29, 0.717) is 12.6 Å². The van der Waals surface area contributed by atoms with Crippen LogP contribution in [0.5, 0.6) is 0 Å². The Kier molecular flexibility index (Phi) is 3.17. The number of ether oxygens (including phenoxy) is 2. The molecule has 21 heavy (non-hydrogen) atoms. The van der Waals surface area contributed by atoms with Gasteiger partial charge in [-0.15, -0.1) is 0 Å². The summed E-state index contributed by atoms with van der Waals surface area (Å²) in [6.45, 7) is 5.01. The lowest BCUT2D eigenvalue weighted by Crippen LogP contribution is -2.56. The largest absolute Gasteiger partial charge is 0.465 e. The number of amides is 1. The number of carboxylic acid groups (broad SMARTS) is 1. The SMILES string of the molecule is O=C(O)N1CCC2(CC(N3CCC4(CC3)OCCO4)C2)C1. The van der Waals surface area contributed by atoms with Crippen molar-refractivity contribution in [3.63, 3.8) is 0 Å². The minimum atomic E-state index is -0.759. The molecular formula is C15H24N2O4. The van der Waals surface area contributed by atoms with Crippen LogP contribution in [0.15, 0.2) is 0 Å². The first-order valence-corrected chi connectivity index (χ1v) is 8.10. The molecule has 3 heterocycles. The molecule has 0 bridgehead atoms. The van der Waals surface area contributed by atoms with Crippen LogP contribution >= 0.6 is 0 Å². The molecule has 6 nitrogen and oxygen atoms in total. The van der Waals surface area contributed by atoms with Crippen LogP contribution in [0.25, 0.3) is 0 Å². The molecule has 3 saturated heterocycles. The summed E-state index contributed by atoms with van der Waals surface area (Å²) in [4.78, 5) is 15.2. The van der Waals surface area contributed by atoms with E-state index in [0.717, 1.165) is 65.0 Å². The lowest BCUT2D eigenvalue weighted by Gasteiger charge is -2.52. The van der Waals surface area contributed by atoms with E-state index >= 15 is 0 Å². The Hall–Kier alpha value is -0.850. The van der Waals surface area contributed by atoms with E-state index in [4.69, 9.17) is 14.6 Å². The van der Waals surface area contributed by atoms with Gasteiger partial charge in [0.25, 0.3) is 0 Å². The number of nitrogens with zero attached hydrogens (tertiary/aromatic N) is 2. The van der Waals surface area contributed by atoms with E-state index < -0.39 is 6.09 Å². The molecule has 4 rings (SSSR count). The van der Waals surface area contributed by atoms with Gasteiger partial charge in [0.2, 0.25) is 0 Å². The quantitative estimate of drug-likeness (QED) is 0.791. The number of hydrogen-bond donors (Lipinski definition) is 1.